The first-order valence-electron chi connectivity index (χ1n) is 6.03. The van der Waals surface area contributed by atoms with Crippen LogP contribution in [0.1, 0.15) is 10.4 Å². The predicted molar refractivity (Wildman–Crippen MR) is 81.8 cm³/mol. The molecule has 4 nitrogen and oxygen atoms in total. The molecule has 0 aliphatic rings. The first-order chi connectivity index (χ1) is 10.0. The van der Waals surface area contributed by atoms with E-state index in [4.69, 9.17) is 27.9 Å². The number of rotatable bonds is 4. The maximum atomic E-state index is 11.7. The van der Waals surface area contributed by atoms with Crippen LogP contribution in [0.4, 0.5) is 5.69 Å². The lowest BCUT2D eigenvalue weighted by atomic mass is 10.2. The van der Waals surface area contributed by atoms with Crippen molar-refractivity contribution in [1.29, 1.82) is 0 Å². The predicted octanol–water partition coefficient (Wildman–Crippen LogP) is 3.79. The number of carbonyl (C=O) groups excluding carboxylic acids is 2. The summed E-state index contributed by atoms with van der Waals surface area (Å²) in [5, 5.41) is 3.58. The summed E-state index contributed by atoms with van der Waals surface area (Å²) in [7, 11) is 0. The highest BCUT2D eigenvalue weighted by molar-refractivity contribution is 6.31. The summed E-state index contributed by atoms with van der Waals surface area (Å²) in [6, 6.07) is 12.9. The number of hydrogen-bond acceptors (Lipinski definition) is 3. The second-order valence-corrected chi connectivity index (χ2v) is 5.01. The molecule has 0 saturated carbocycles. The maximum absolute atomic E-state index is 11.7. The standard InChI is InChI=1S/C15H11Cl2NO3/c16-11-4-6-13(7-5-11)18-14(19)9-21-15(20)10-2-1-3-12(17)8-10/h1-8H,9H2,(H,18,19). The lowest BCUT2D eigenvalue weighted by molar-refractivity contribution is -0.119. The minimum atomic E-state index is -0.608. The van der Waals surface area contributed by atoms with E-state index in [9.17, 15) is 9.59 Å². The summed E-state index contributed by atoms with van der Waals surface area (Å²) >= 11 is 11.5. The minimum Gasteiger partial charge on any atom is -0.452 e. The zero-order valence-electron chi connectivity index (χ0n) is 10.8. The molecule has 2 rings (SSSR count). The monoisotopic (exact) mass is 323 g/mol. The number of hydrogen-bond donors (Lipinski definition) is 1. The average molecular weight is 324 g/mol. The van der Waals surface area contributed by atoms with Crippen LogP contribution in [0.2, 0.25) is 10.0 Å². The van der Waals surface area contributed by atoms with E-state index >= 15 is 0 Å². The molecule has 108 valence electrons. The van der Waals surface area contributed by atoms with Crippen molar-refractivity contribution in [2.24, 2.45) is 0 Å². The van der Waals surface area contributed by atoms with Gasteiger partial charge in [0.15, 0.2) is 6.61 Å². The van der Waals surface area contributed by atoms with Crippen LogP contribution in [0.3, 0.4) is 0 Å². The zero-order chi connectivity index (χ0) is 15.2. The fourth-order valence-corrected chi connectivity index (χ4v) is 1.88. The van der Waals surface area contributed by atoms with E-state index < -0.39 is 11.9 Å². The van der Waals surface area contributed by atoms with E-state index in [0.717, 1.165) is 0 Å². The van der Waals surface area contributed by atoms with Crippen molar-refractivity contribution in [3.63, 3.8) is 0 Å². The number of halogens is 2. The van der Waals surface area contributed by atoms with Crippen molar-refractivity contribution in [2.45, 2.75) is 0 Å². The van der Waals surface area contributed by atoms with Crippen LogP contribution in [0.5, 0.6) is 0 Å². The molecule has 0 unspecified atom stereocenters. The van der Waals surface area contributed by atoms with Crippen molar-refractivity contribution in [2.75, 3.05) is 11.9 Å². The van der Waals surface area contributed by atoms with E-state index in [1.54, 1.807) is 42.5 Å². The molecule has 6 heteroatoms. The van der Waals surface area contributed by atoms with E-state index in [1.807, 2.05) is 0 Å². The Hall–Kier alpha value is -2.04. The van der Waals surface area contributed by atoms with Gasteiger partial charge in [0.2, 0.25) is 0 Å². The quantitative estimate of drug-likeness (QED) is 0.871. The Bertz CT molecular complexity index is 656. The Labute approximate surface area is 131 Å². The normalized spacial score (nSPS) is 10.0. The molecule has 0 aromatic heterocycles. The fourth-order valence-electron chi connectivity index (χ4n) is 1.56. The largest absolute Gasteiger partial charge is 0.452 e. The van der Waals surface area contributed by atoms with E-state index in [-0.39, 0.29) is 6.61 Å². The Balaban J connectivity index is 1.86. The summed E-state index contributed by atoms with van der Waals surface area (Å²) in [6.07, 6.45) is 0. The number of amides is 1. The first kappa shape index (κ1) is 15.4. The lowest BCUT2D eigenvalue weighted by Crippen LogP contribution is -2.20. The number of ether oxygens (including phenoxy) is 1. The molecule has 0 heterocycles. The van der Waals surface area contributed by atoms with Crippen LogP contribution in [0.25, 0.3) is 0 Å². The van der Waals surface area contributed by atoms with Crippen LogP contribution < -0.4 is 5.32 Å². The zero-order valence-corrected chi connectivity index (χ0v) is 12.3. The maximum Gasteiger partial charge on any atom is 0.338 e. The van der Waals surface area contributed by atoms with Gasteiger partial charge in [0.05, 0.1) is 5.56 Å². The topological polar surface area (TPSA) is 55.4 Å². The van der Waals surface area contributed by atoms with E-state index in [1.165, 1.54) is 6.07 Å². The molecular formula is C15H11Cl2NO3. The summed E-state index contributed by atoms with van der Waals surface area (Å²) in [5.74, 6) is -1.04. The number of esters is 1. The van der Waals surface area contributed by atoms with E-state index in [0.29, 0.717) is 21.3 Å². The third-order valence-corrected chi connectivity index (χ3v) is 3.01. The Morgan fingerprint density at radius 3 is 2.38 bits per heavy atom. The van der Waals surface area contributed by atoms with Gasteiger partial charge in [-0.05, 0) is 42.5 Å². The molecule has 0 aliphatic carbocycles. The summed E-state index contributed by atoms with van der Waals surface area (Å²) in [5.41, 5.74) is 0.866. The van der Waals surface area contributed by atoms with Crippen LogP contribution in [0, 0.1) is 0 Å². The van der Waals surface area contributed by atoms with Crippen molar-refractivity contribution < 1.29 is 14.3 Å². The highest BCUT2D eigenvalue weighted by atomic mass is 35.5. The van der Waals surface area contributed by atoms with Gasteiger partial charge in [0.1, 0.15) is 0 Å². The van der Waals surface area contributed by atoms with Crippen molar-refractivity contribution in [1.82, 2.24) is 0 Å². The SMILES string of the molecule is O=C(COC(=O)c1cccc(Cl)c1)Nc1ccc(Cl)cc1. The molecule has 2 aromatic rings. The lowest BCUT2D eigenvalue weighted by Gasteiger charge is -2.07. The van der Waals surface area contributed by atoms with Gasteiger partial charge in [-0.1, -0.05) is 29.3 Å². The van der Waals surface area contributed by atoms with Gasteiger partial charge in [0.25, 0.3) is 5.91 Å². The molecule has 2 aromatic carbocycles. The molecule has 0 aliphatic heterocycles. The van der Waals surface area contributed by atoms with Crippen molar-refractivity contribution in [3.05, 3.63) is 64.1 Å². The average Bonchev–Trinajstić information content (AvgIpc) is 2.47. The Kier molecular flexibility index (Phi) is 5.20. The molecule has 21 heavy (non-hydrogen) atoms. The fraction of sp³-hybridized carbons (Fsp3) is 0.0667. The molecule has 0 fully saturated rings. The summed E-state index contributed by atoms with van der Waals surface area (Å²) in [6.45, 7) is -0.381. The third-order valence-electron chi connectivity index (χ3n) is 2.52. The second-order valence-electron chi connectivity index (χ2n) is 4.14. The van der Waals surface area contributed by atoms with Crippen LogP contribution in [-0.2, 0) is 9.53 Å². The van der Waals surface area contributed by atoms with Crippen LogP contribution >= 0.6 is 23.2 Å². The van der Waals surface area contributed by atoms with Gasteiger partial charge in [0, 0.05) is 15.7 Å². The molecule has 1 amide bonds. The second kappa shape index (κ2) is 7.11. The third kappa shape index (κ3) is 4.77. The highest BCUT2D eigenvalue weighted by Gasteiger charge is 2.10. The van der Waals surface area contributed by atoms with Gasteiger partial charge in [-0.3, -0.25) is 4.79 Å². The smallest absolute Gasteiger partial charge is 0.338 e. The molecule has 0 radical (unpaired) electrons. The van der Waals surface area contributed by atoms with Gasteiger partial charge in [-0.15, -0.1) is 0 Å². The number of anilines is 1. The number of benzene rings is 2. The molecule has 1 N–H and O–H groups in total. The molecule has 0 atom stereocenters. The summed E-state index contributed by atoms with van der Waals surface area (Å²) < 4.78 is 4.91. The van der Waals surface area contributed by atoms with Crippen LogP contribution in [-0.4, -0.2) is 18.5 Å². The highest BCUT2D eigenvalue weighted by Crippen LogP contribution is 2.14. The summed E-state index contributed by atoms with van der Waals surface area (Å²) in [4.78, 5) is 23.4. The Morgan fingerprint density at radius 1 is 1.00 bits per heavy atom. The number of nitrogens with one attached hydrogen (secondary N) is 1. The molecule has 0 bridgehead atoms. The molecule has 0 spiro atoms. The van der Waals surface area contributed by atoms with Gasteiger partial charge >= 0.3 is 5.97 Å². The Morgan fingerprint density at radius 2 is 1.71 bits per heavy atom. The number of carbonyl (C=O) groups is 2. The van der Waals surface area contributed by atoms with Gasteiger partial charge < -0.3 is 10.1 Å². The molecular weight excluding hydrogens is 313 g/mol. The van der Waals surface area contributed by atoms with Crippen molar-refractivity contribution in [3.8, 4) is 0 Å². The minimum absolute atomic E-state index is 0.293. The van der Waals surface area contributed by atoms with Gasteiger partial charge in [-0.2, -0.15) is 0 Å². The van der Waals surface area contributed by atoms with E-state index in [2.05, 4.69) is 5.32 Å². The van der Waals surface area contributed by atoms with Crippen LogP contribution in [0.15, 0.2) is 48.5 Å². The van der Waals surface area contributed by atoms with Gasteiger partial charge in [-0.25, -0.2) is 4.79 Å². The molecule has 0 saturated heterocycles. The van der Waals surface area contributed by atoms with Crippen molar-refractivity contribution >= 4 is 40.8 Å². The first-order valence-corrected chi connectivity index (χ1v) is 6.78.